The van der Waals surface area contributed by atoms with Crippen LogP contribution in [-0.4, -0.2) is 39.2 Å². The summed E-state index contributed by atoms with van der Waals surface area (Å²) in [6.07, 6.45) is 6.30. The first-order valence-corrected chi connectivity index (χ1v) is 8.12. The molecule has 1 fully saturated rings. The second-order valence-corrected chi connectivity index (χ2v) is 6.50. The number of hydrogen-bond donors (Lipinski definition) is 1. The van der Waals surface area contributed by atoms with Crippen LogP contribution in [0.3, 0.4) is 0 Å². The number of nitrogens with zero attached hydrogens (tertiary/aromatic N) is 4. The maximum atomic E-state index is 13.9. The van der Waals surface area contributed by atoms with Crippen LogP contribution in [0.2, 0.25) is 5.02 Å². The number of amides is 1. The summed E-state index contributed by atoms with van der Waals surface area (Å²) in [6, 6.07) is 1.13. The van der Waals surface area contributed by atoms with E-state index in [9.17, 15) is 9.18 Å². The van der Waals surface area contributed by atoms with E-state index in [2.05, 4.69) is 15.4 Å². The van der Waals surface area contributed by atoms with E-state index < -0.39 is 5.82 Å². The van der Waals surface area contributed by atoms with E-state index >= 15 is 0 Å². The van der Waals surface area contributed by atoms with Crippen molar-refractivity contribution in [2.24, 2.45) is 13.0 Å². The zero-order chi connectivity index (χ0) is 17.3. The van der Waals surface area contributed by atoms with Crippen molar-refractivity contribution in [2.75, 3.05) is 18.9 Å². The maximum absolute atomic E-state index is 13.9. The summed E-state index contributed by atoms with van der Waals surface area (Å²) in [5, 5.41) is 7.50. The van der Waals surface area contributed by atoms with Crippen LogP contribution in [0, 0.1) is 11.7 Å². The summed E-state index contributed by atoms with van der Waals surface area (Å²) in [7, 11) is 3.64. The van der Waals surface area contributed by atoms with Crippen LogP contribution in [0.5, 0.6) is 0 Å². The van der Waals surface area contributed by atoms with Gasteiger partial charge in [0.1, 0.15) is 0 Å². The summed E-state index contributed by atoms with van der Waals surface area (Å²) in [5.74, 6) is -0.0748. The first-order valence-electron chi connectivity index (χ1n) is 7.75. The Morgan fingerprint density at radius 1 is 1.42 bits per heavy atom. The smallest absolute Gasteiger partial charge is 0.222 e. The quantitative estimate of drug-likeness (QED) is 0.919. The Labute approximate surface area is 144 Å². The van der Waals surface area contributed by atoms with Gasteiger partial charge in [-0.25, -0.2) is 9.37 Å². The maximum Gasteiger partial charge on any atom is 0.222 e. The molecule has 128 valence electrons. The van der Waals surface area contributed by atoms with Gasteiger partial charge in [-0.3, -0.25) is 9.48 Å². The Balaban J connectivity index is 1.78. The van der Waals surface area contributed by atoms with Crippen LogP contribution in [0.15, 0.2) is 24.7 Å². The number of aryl methyl sites for hydroxylation is 1. The lowest BCUT2D eigenvalue weighted by Gasteiger charge is -2.38. The van der Waals surface area contributed by atoms with Gasteiger partial charge in [-0.2, -0.15) is 5.10 Å². The first kappa shape index (κ1) is 16.7. The van der Waals surface area contributed by atoms with Crippen LogP contribution in [0.25, 0.3) is 0 Å². The molecule has 0 saturated carbocycles. The lowest BCUT2D eigenvalue weighted by molar-refractivity contribution is -0.136. The van der Waals surface area contributed by atoms with Crippen LogP contribution >= 0.6 is 11.6 Å². The Bertz CT molecular complexity index is 750. The van der Waals surface area contributed by atoms with Gasteiger partial charge in [0.05, 0.1) is 17.3 Å². The molecule has 0 bridgehead atoms. The largest absolute Gasteiger partial charge is 0.367 e. The number of pyridine rings is 1. The third kappa shape index (κ3) is 3.36. The van der Waals surface area contributed by atoms with Crippen LogP contribution in [0.4, 0.5) is 10.2 Å². The second kappa shape index (κ2) is 6.76. The molecule has 1 N–H and O–H groups in total. The molecule has 6 nitrogen and oxygen atoms in total. The molecule has 1 aliphatic heterocycles. The van der Waals surface area contributed by atoms with E-state index in [1.807, 2.05) is 13.2 Å². The van der Waals surface area contributed by atoms with Crippen molar-refractivity contribution in [3.8, 4) is 0 Å². The Morgan fingerprint density at radius 3 is 2.88 bits per heavy atom. The van der Waals surface area contributed by atoms with Crippen molar-refractivity contribution in [1.82, 2.24) is 19.7 Å². The summed E-state index contributed by atoms with van der Waals surface area (Å²) in [6.45, 7) is 0.503. The fraction of sp³-hybridized carbons (Fsp3) is 0.438. The number of nitrogens with one attached hydrogen (secondary N) is 1. The number of carbonyl (C=O) groups excluding carboxylic acids is 1. The Hall–Kier alpha value is -2.15. The predicted octanol–water partition coefficient (Wildman–Crippen LogP) is 2.63. The van der Waals surface area contributed by atoms with Crippen molar-refractivity contribution in [1.29, 1.82) is 0 Å². The van der Waals surface area contributed by atoms with Gasteiger partial charge in [0, 0.05) is 50.9 Å². The minimum Gasteiger partial charge on any atom is -0.367 e. The van der Waals surface area contributed by atoms with E-state index in [1.165, 1.54) is 12.3 Å². The fourth-order valence-electron chi connectivity index (χ4n) is 3.19. The standard InChI is InChI=1S/C16H19ClFN5O/c1-22-9-11(7-21-22)15-10(3-4-14(24)23(15)2)6-19-16-13(18)5-12(17)8-20-16/h5,7-10,15H,3-4,6H2,1-2H3,(H,19,20)/t10-,15+/m1/s1. The molecular weight excluding hydrogens is 333 g/mol. The molecule has 2 aromatic heterocycles. The zero-order valence-corrected chi connectivity index (χ0v) is 14.3. The second-order valence-electron chi connectivity index (χ2n) is 6.06. The van der Waals surface area contributed by atoms with E-state index in [1.54, 1.807) is 22.8 Å². The third-order valence-corrected chi connectivity index (χ3v) is 4.60. The van der Waals surface area contributed by atoms with Crippen molar-refractivity contribution in [3.63, 3.8) is 0 Å². The average molecular weight is 352 g/mol. The normalized spacial score (nSPS) is 21.2. The minimum atomic E-state index is -0.485. The van der Waals surface area contributed by atoms with Crippen molar-refractivity contribution >= 4 is 23.3 Å². The van der Waals surface area contributed by atoms with E-state index in [-0.39, 0.29) is 28.7 Å². The molecule has 1 amide bonds. The highest BCUT2D eigenvalue weighted by atomic mass is 35.5. The molecule has 0 aliphatic carbocycles. The number of aromatic nitrogens is 3. The lowest BCUT2D eigenvalue weighted by atomic mass is 9.85. The summed E-state index contributed by atoms with van der Waals surface area (Å²) in [4.78, 5) is 17.8. The molecular formula is C16H19ClFN5O. The highest BCUT2D eigenvalue weighted by Crippen LogP contribution is 2.35. The summed E-state index contributed by atoms with van der Waals surface area (Å²) >= 11 is 5.72. The average Bonchev–Trinajstić information content (AvgIpc) is 2.96. The van der Waals surface area contributed by atoms with E-state index in [0.29, 0.717) is 13.0 Å². The third-order valence-electron chi connectivity index (χ3n) is 4.39. The molecule has 3 heterocycles. The van der Waals surface area contributed by atoms with E-state index in [0.717, 1.165) is 12.0 Å². The molecule has 0 radical (unpaired) electrons. The Kier molecular flexibility index (Phi) is 4.71. The zero-order valence-electron chi connectivity index (χ0n) is 13.5. The monoisotopic (exact) mass is 351 g/mol. The molecule has 1 aliphatic rings. The summed E-state index contributed by atoms with van der Waals surface area (Å²) in [5.41, 5.74) is 0.976. The Morgan fingerprint density at radius 2 is 2.21 bits per heavy atom. The highest BCUT2D eigenvalue weighted by Gasteiger charge is 2.35. The highest BCUT2D eigenvalue weighted by molar-refractivity contribution is 6.30. The SMILES string of the molecule is CN1C(=O)CC[C@H](CNc2ncc(Cl)cc2F)[C@H]1c1cnn(C)c1. The molecule has 24 heavy (non-hydrogen) atoms. The van der Waals surface area contributed by atoms with E-state index in [4.69, 9.17) is 11.6 Å². The molecule has 0 aromatic carbocycles. The number of halogens is 2. The number of carbonyl (C=O) groups is 1. The minimum absolute atomic E-state index is 0.0946. The molecule has 2 aromatic rings. The van der Waals surface area contributed by atoms with Gasteiger partial charge in [-0.15, -0.1) is 0 Å². The molecule has 1 saturated heterocycles. The number of anilines is 1. The first-order chi connectivity index (χ1) is 11.5. The molecule has 3 rings (SSSR count). The molecule has 0 spiro atoms. The topological polar surface area (TPSA) is 63.1 Å². The molecule has 8 heteroatoms. The molecule has 2 atom stereocenters. The van der Waals surface area contributed by atoms with Gasteiger partial charge in [0.25, 0.3) is 0 Å². The fourth-order valence-corrected chi connectivity index (χ4v) is 3.33. The van der Waals surface area contributed by atoms with Crippen LogP contribution < -0.4 is 5.32 Å². The lowest BCUT2D eigenvalue weighted by Crippen LogP contribution is -2.42. The summed E-state index contributed by atoms with van der Waals surface area (Å²) < 4.78 is 15.6. The van der Waals surface area contributed by atoms with Gasteiger partial charge in [-0.1, -0.05) is 11.6 Å². The van der Waals surface area contributed by atoms with Gasteiger partial charge < -0.3 is 10.2 Å². The van der Waals surface area contributed by atoms with Gasteiger partial charge in [0.15, 0.2) is 11.6 Å². The number of likely N-dealkylation sites (tertiary alicyclic amines) is 1. The van der Waals surface area contributed by atoms with Gasteiger partial charge in [0.2, 0.25) is 5.91 Å². The van der Waals surface area contributed by atoms with Crippen molar-refractivity contribution in [3.05, 3.63) is 41.1 Å². The predicted molar refractivity (Wildman–Crippen MR) is 89.1 cm³/mol. The van der Waals surface area contributed by atoms with Crippen LogP contribution in [0.1, 0.15) is 24.4 Å². The molecule has 0 unspecified atom stereocenters. The van der Waals surface area contributed by atoms with Crippen LogP contribution in [-0.2, 0) is 11.8 Å². The number of piperidine rings is 1. The number of hydrogen-bond acceptors (Lipinski definition) is 4. The van der Waals surface area contributed by atoms with Crippen molar-refractivity contribution < 1.29 is 9.18 Å². The number of rotatable bonds is 4. The van der Waals surface area contributed by atoms with Gasteiger partial charge >= 0.3 is 0 Å². The van der Waals surface area contributed by atoms with Crippen molar-refractivity contribution in [2.45, 2.75) is 18.9 Å². The van der Waals surface area contributed by atoms with Gasteiger partial charge in [-0.05, 0) is 12.5 Å².